The van der Waals surface area contributed by atoms with Crippen LogP contribution in [0, 0.1) is 0 Å². The number of halogens is 1. The van der Waals surface area contributed by atoms with Crippen LogP contribution in [0.15, 0.2) is 39.7 Å². The molecule has 0 bridgehead atoms. The van der Waals surface area contributed by atoms with Crippen LogP contribution in [0.25, 0.3) is 5.65 Å². The molecule has 3 aromatic rings. The van der Waals surface area contributed by atoms with Crippen molar-refractivity contribution in [1.29, 1.82) is 0 Å². The van der Waals surface area contributed by atoms with Gasteiger partial charge < -0.3 is 4.40 Å². The quantitative estimate of drug-likeness (QED) is 0.780. The summed E-state index contributed by atoms with van der Waals surface area (Å²) >= 11 is 4.74. The lowest BCUT2D eigenvalue weighted by Gasteiger charge is -2.01. The van der Waals surface area contributed by atoms with Gasteiger partial charge in [-0.1, -0.05) is 0 Å². The second kappa shape index (κ2) is 3.87. The zero-order chi connectivity index (χ0) is 11.0. The van der Waals surface area contributed by atoms with Gasteiger partial charge in [-0.25, -0.2) is 15.0 Å². The number of hydrogen-bond donors (Lipinski definition) is 1. The van der Waals surface area contributed by atoms with Gasteiger partial charge >= 0.3 is 0 Å². The Morgan fingerprint density at radius 3 is 3.12 bits per heavy atom. The Labute approximate surface area is 103 Å². The van der Waals surface area contributed by atoms with Crippen LogP contribution in [-0.2, 0) is 0 Å². The second-order valence-corrected chi connectivity index (χ2v) is 4.71. The minimum atomic E-state index is 0.690. The molecule has 1 N–H and O–H groups in total. The predicted molar refractivity (Wildman–Crippen MR) is 61.2 cm³/mol. The van der Waals surface area contributed by atoms with Gasteiger partial charge in [0.1, 0.15) is 16.0 Å². The minimum absolute atomic E-state index is 0.690. The third-order valence-corrected chi connectivity index (χ3v) is 3.14. The first-order chi connectivity index (χ1) is 7.83. The summed E-state index contributed by atoms with van der Waals surface area (Å²) < 4.78 is 2.65. The van der Waals surface area contributed by atoms with Crippen LogP contribution >= 0.6 is 27.7 Å². The van der Waals surface area contributed by atoms with Crippen LogP contribution in [0.5, 0.6) is 0 Å². The van der Waals surface area contributed by atoms with Gasteiger partial charge in [-0.3, -0.25) is 5.10 Å². The lowest BCUT2D eigenvalue weighted by Crippen LogP contribution is -1.91. The van der Waals surface area contributed by atoms with Gasteiger partial charge in [-0.05, 0) is 27.7 Å². The summed E-state index contributed by atoms with van der Waals surface area (Å²) in [4.78, 5) is 12.6. The van der Waals surface area contributed by atoms with E-state index in [-0.39, 0.29) is 0 Å². The molecule has 0 aliphatic rings. The van der Waals surface area contributed by atoms with E-state index in [0.717, 1.165) is 15.3 Å². The Morgan fingerprint density at radius 1 is 1.38 bits per heavy atom. The number of H-pyrrole nitrogens is 1. The van der Waals surface area contributed by atoms with E-state index in [9.17, 15) is 0 Å². The molecule has 0 fully saturated rings. The summed E-state index contributed by atoms with van der Waals surface area (Å²) in [6.45, 7) is 0. The van der Waals surface area contributed by atoms with Crippen LogP contribution < -0.4 is 0 Å². The molecule has 6 nitrogen and oxygen atoms in total. The van der Waals surface area contributed by atoms with E-state index in [1.165, 1.54) is 18.1 Å². The number of rotatable bonds is 2. The molecule has 16 heavy (non-hydrogen) atoms. The van der Waals surface area contributed by atoms with E-state index >= 15 is 0 Å². The number of fused-ring (bicyclic) bond motifs is 1. The first-order valence-electron chi connectivity index (χ1n) is 4.35. The summed E-state index contributed by atoms with van der Waals surface area (Å²) in [5.41, 5.74) is 0.796. The van der Waals surface area contributed by atoms with Gasteiger partial charge in [0.05, 0.1) is 0 Å². The van der Waals surface area contributed by atoms with Crippen LogP contribution in [-0.4, -0.2) is 29.5 Å². The summed E-state index contributed by atoms with van der Waals surface area (Å²) in [7, 11) is 0. The Hall–Kier alpha value is -1.41. The lowest BCUT2D eigenvalue weighted by atomic mass is 10.7. The predicted octanol–water partition coefficient (Wildman–Crippen LogP) is 1.76. The number of aromatic nitrogens is 6. The highest BCUT2D eigenvalue weighted by molar-refractivity contribution is 9.10. The molecule has 0 aliphatic carbocycles. The molecule has 0 aromatic carbocycles. The number of hydrogen-bond acceptors (Lipinski definition) is 5. The van der Waals surface area contributed by atoms with Gasteiger partial charge in [0.2, 0.25) is 0 Å². The van der Waals surface area contributed by atoms with E-state index in [2.05, 4.69) is 41.1 Å². The van der Waals surface area contributed by atoms with E-state index in [1.54, 1.807) is 6.20 Å². The molecule has 8 heteroatoms. The fourth-order valence-electron chi connectivity index (χ4n) is 1.28. The maximum atomic E-state index is 4.36. The fourth-order valence-corrected chi connectivity index (χ4v) is 2.57. The van der Waals surface area contributed by atoms with Crippen molar-refractivity contribution >= 4 is 33.3 Å². The van der Waals surface area contributed by atoms with Crippen molar-refractivity contribution in [3.63, 3.8) is 0 Å². The van der Waals surface area contributed by atoms with Crippen LogP contribution in [0.4, 0.5) is 0 Å². The first kappa shape index (κ1) is 9.79. The highest BCUT2D eigenvalue weighted by Crippen LogP contribution is 2.26. The third-order valence-electron chi connectivity index (χ3n) is 1.90. The molecule has 0 spiro atoms. The van der Waals surface area contributed by atoms with E-state index < -0.39 is 0 Å². The molecule has 0 atom stereocenters. The molecule has 3 rings (SSSR count). The minimum Gasteiger partial charge on any atom is -0.302 e. The number of aromatic amines is 1. The average molecular weight is 297 g/mol. The Balaban J connectivity index is 2.11. The SMILES string of the molecule is Brc1cn2ccnc2c(Sc2ncn[nH]2)n1. The van der Waals surface area contributed by atoms with Gasteiger partial charge in [-0.15, -0.1) is 0 Å². The smallest absolute Gasteiger partial charge is 0.189 e. The number of nitrogens with one attached hydrogen (secondary N) is 1. The Bertz CT molecular complexity index is 619. The second-order valence-electron chi connectivity index (χ2n) is 2.92. The van der Waals surface area contributed by atoms with Crippen molar-refractivity contribution in [2.24, 2.45) is 0 Å². The fraction of sp³-hybridized carbons (Fsp3) is 0. The van der Waals surface area contributed by atoms with Gasteiger partial charge in [0.25, 0.3) is 0 Å². The van der Waals surface area contributed by atoms with E-state index in [0.29, 0.717) is 5.16 Å². The molecule has 80 valence electrons. The van der Waals surface area contributed by atoms with Crippen molar-refractivity contribution in [1.82, 2.24) is 29.5 Å². The summed E-state index contributed by atoms with van der Waals surface area (Å²) in [6, 6.07) is 0. The Kier molecular flexibility index (Phi) is 2.37. The summed E-state index contributed by atoms with van der Waals surface area (Å²) in [5, 5.41) is 8.02. The van der Waals surface area contributed by atoms with Crippen molar-refractivity contribution < 1.29 is 0 Å². The van der Waals surface area contributed by atoms with Crippen molar-refractivity contribution in [3.05, 3.63) is 29.5 Å². The van der Waals surface area contributed by atoms with E-state index in [4.69, 9.17) is 0 Å². The molecule has 0 saturated carbocycles. The molecular weight excluding hydrogens is 292 g/mol. The van der Waals surface area contributed by atoms with Gasteiger partial charge in [0.15, 0.2) is 10.8 Å². The molecule has 0 saturated heterocycles. The molecule has 0 unspecified atom stereocenters. The number of nitrogens with zero attached hydrogens (tertiary/aromatic N) is 5. The lowest BCUT2D eigenvalue weighted by molar-refractivity contribution is 0.957. The van der Waals surface area contributed by atoms with E-state index in [1.807, 2.05) is 16.8 Å². The zero-order valence-electron chi connectivity index (χ0n) is 7.83. The molecule has 0 amide bonds. The molecule has 0 radical (unpaired) electrons. The topological polar surface area (TPSA) is 71.8 Å². The number of imidazole rings is 1. The largest absolute Gasteiger partial charge is 0.302 e. The molecule has 0 aliphatic heterocycles. The van der Waals surface area contributed by atoms with Crippen molar-refractivity contribution in [3.8, 4) is 0 Å². The maximum Gasteiger partial charge on any atom is 0.189 e. The molecule has 3 aromatic heterocycles. The van der Waals surface area contributed by atoms with Gasteiger partial charge in [0, 0.05) is 18.6 Å². The summed E-state index contributed by atoms with van der Waals surface area (Å²) in [5.74, 6) is 0. The van der Waals surface area contributed by atoms with Crippen molar-refractivity contribution in [2.45, 2.75) is 10.2 Å². The average Bonchev–Trinajstić information content (AvgIpc) is 2.87. The molecule has 3 heterocycles. The highest BCUT2D eigenvalue weighted by Gasteiger charge is 2.09. The normalized spacial score (nSPS) is 11.1. The van der Waals surface area contributed by atoms with Crippen molar-refractivity contribution in [2.75, 3.05) is 0 Å². The maximum absolute atomic E-state index is 4.36. The standard InChI is InChI=1S/C8H5BrN6S/c9-5-3-15-2-1-10-6(15)7(13-5)16-8-11-4-12-14-8/h1-4H,(H,11,12,14). The van der Waals surface area contributed by atoms with Gasteiger partial charge in [-0.2, -0.15) is 5.10 Å². The first-order valence-corrected chi connectivity index (χ1v) is 5.96. The van der Waals surface area contributed by atoms with Crippen LogP contribution in [0.2, 0.25) is 0 Å². The third kappa shape index (κ3) is 1.69. The zero-order valence-corrected chi connectivity index (χ0v) is 10.2. The van der Waals surface area contributed by atoms with Crippen LogP contribution in [0.1, 0.15) is 0 Å². The highest BCUT2D eigenvalue weighted by atomic mass is 79.9. The Morgan fingerprint density at radius 2 is 2.31 bits per heavy atom. The summed E-state index contributed by atoms with van der Waals surface area (Å²) in [6.07, 6.45) is 6.91. The van der Waals surface area contributed by atoms with Crippen LogP contribution in [0.3, 0.4) is 0 Å². The molecular formula is C8H5BrN6S. The monoisotopic (exact) mass is 296 g/mol.